The number of nitrogens with one attached hydrogen (secondary N) is 2. The highest BCUT2D eigenvalue weighted by Gasteiger charge is 2.16. The Bertz CT molecular complexity index is 701. The number of hydrogen-bond acceptors (Lipinski definition) is 3. The van der Waals surface area contributed by atoms with Crippen molar-refractivity contribution in [2.75, 3.05) is 11.9 Å². The molecular weight excluding hydrogens is 332 g/mol. The van der Waals surface area contributed by atoms with Gasteiger partial charge in [0.05, 0.1) is 5.56 Å². The molecule has 0 spiro atoms. The van der Waals surface area contributed by atoms with Gasteiger partial charge in [-0.05, 0) is 48.4 Å². The van der Waals surface area contributed by atoms with Crippen LogP contribution in [-0.2, 0) is 13.0 Å². The van der Waals surface area contributed by atoms with E-state index in [9.17, 15) is 9.90 Å². The predicted molar refractivity (Wildman–Crippen MR) is 85.6 cm³/mol. The van der Waals surface area contributed by atoms with Gasteiger partial charge >= 0.3 is 0 Å². The van der Waals surface area contributed by atoms with Gasteiger partial charge in [-0.15, -0.1) is 0 Å². The fraction of sp³-hybridized carbons (Fsp3) is 0.188. The van der Waals surface area contributed by atoms with Crippen LogP contribution in [0.1, 0.15) is 21.5 Å². The Labute approximate surface area is 131 Å². The lowest BCUT2D eigenvalue weighted by molar-refractivity contribution is 0.102. The van der Waals surface area contributed by atoms with Gasteiger partial charge in [0.15, 0.2) is 0 Å². The molecule has 0 radical (unpaired) electrons. The minimum atomic E-state index is -0.307. The third-order valence-electron chi connectivity index (χ3n) is 3.60. The van der Waals surface area contributed by atoms with E-state index in [0.717, 1.165) is 35.2 Å². The molecule has 3 rings (SSSR count). The Balaban J connectivity index is 1.88. The lowest BCUT2D eigenvalue weighted by Crippen LogP contribution is -2.25. The van der Waals surface area contributed by atoms with Crippen LogP contribution >= 0.6 is 15.9 Å². The molecule has 4 nitrogen and oxygen atoms in total. The Morgan fingerprint density at radius 2 is 2.14 bits per heavy atom. The molecule has 2 aromatic carbocycles. The molecule has 108 valence electrons. The molecule has 5 heteroatoms. The van der Waals surface area contributed by atoms with Crippen molar-refractivity contribution in [3.05, 3.63) is 57.6 Å². The van der Waals surface area contributed by atoms with Crippen LogP contribution < -0.4 is 10.6 Å². The molecule has 0 bridgehead atoms. The number of hydrogen-bond donors (Lipinski definition) is 3. The zero-order valence-electron chi connectivity index (χ0n) is 11.3. The number of amides is 1. The number of aromatic hydroxyl groups is 1. The number of phenols is 1. The Morgan fingerprint density at radius 1 is 1.29 bits per heavy atom. The molecule has 0 saturated heterocycles. The fourth-order valence-electron chi connectivity index (χ4n) is 2.52. The van der Waals surface area contributed by atoms with Crippen LogP contribution in [0.4, 0.5) is 5.69 Å². The summed E-state index contributed by atoms with van der Waals surface area (Å²) in [6.07, 6.45) is 0.961. The zero-order valence-corrected chi connectivity index (χ0v) is 12.9. The molecule has 21 heavy (non-hydrogen) atoms. The predicted octanol–water partition coefficient (Wildman–Crippen LogP) is 3.05. The molecule has 0 aromatic heterocycles. The van der Waals surface area contributed by atoms with Crippen molar-refractivity contribution in [1.29, 1.82) is 0 Å². The molecule has 1 aliphatic rings. The van der Waals surface area contributed by atoms with Crippen LogP contribution in [0.2, 0.25) is 0 Å². The summed E-state index contributed by atoms with van der Waals surface area (Å²) in [7, 11) is 0. The number of carbonyl (C=O) groups excluding carboxylic acids is 1. The molecule has 1 aliphatic heterocycles. The molecule has 2 aromatic rings. The van der Waals surface area contributed by atoms with Gasteiger partial charge in [-0.2, -0.15) is 0 Å². The number of fused-ring (bicyclic) bond motifs is 1. The van der Waals surface area contributed by atoms with E-state index >= 15 is 0 Å². The van der Waals surface area contributed by atoms with Crippen LogP contribution in [0, 0.1) is 0 Å². The number of phenolic OH excluding ortho intramolecular Hbond substituents is 1. The van der Waals surface area contributed by atoms with Gasteiger partial charge in [0.2, 0.25) is 0 Å². The van der Waals surface area contributed by atoms with Gasteiger partial charge in [-0.1, -0.05) is 28.1 Å². The standard InChI is InChI=1S/C16H15BrN2O2/c17-11-4-5-12(15(20)8-11)16(21)19-14-3-1-2-10-6-7-18-9-13(10)14/h1-5,8,18,20H,6-7,9H2,(H,19,21). The molecule has 0 aliphatic carbocycles. The second-order valence-corrected chi connectivity index (χ2v) is 5.90. The molecule has 0 unspecified atom stereocenters. The van der Waals surface area contributed by atoms with E-state index in [1.54, 1.807) is 12.1 Å². The van der Waals surface area contributed by atoms with Gasteiger partial charge in [0.1, 0.15) is 5.75 Å². The third kappa shape index (κ3) is 2.94. The van der Waals surface area contributed by atoms with Gasteiger partial charge in [0, 0.05) is 16.7 Å². The van der Waals surface area contributed by atoms with E-state index in [4.69, 9.17) is 0 Å². The summed E-state index contributed by atoms with van der Waals surface area (Å²) in [5.74, 6) is -0.344. The van der Waals surface area contributed by atoms with Gasteiger partial charge < -0.3 is 15.7 Å². The molecule has 0 saturated carbocycles. The number of carbonyl (C=O) groups is 1. The van der Waals surface area contributed by atoms with Crippen LogP contribution in [-0.4, -0.2) is 17.6 Å². The molecule has 3 N–H and O–H groups in total. The summed E-state index contributed by atoms with van der Waals surface area (Å²) in [5, 5.41) is 16.1. The molecule has 0 atom stereocenters. The van der Waals surface area contributed by atoms with Crippen LogP contribution in [0.3, 0.4) is 0 Å². The Kier molecular flexibility index (Phi) is 3.94. The van der Waals surface area contributed by atoms with E-state index in [2.05, 4.69) is 32.6 Å². The maximum absolute atomic E-state index is 12.3. The molecule has 0 fully saturated rings. The number of rotatable bonds is 2. The molecule has 1 amide bonds. The summed E-state index contributed by atoms with van der Waals surface area (Å²) < 4.78 is 0.734. The van der Waals surface area contributed by atoms with Crippen molar-refractivity contribution in [1.82, 2.24) is 5.32 Å². The summed E-state index contributed by atoms with van der Waals surface area (Å²) in [6.45, 7) is 1.70. The second-order valence-electron chi connectivity index (χ2n) is 4.99. The monoisotopic (exact) mass is 346 g/mol. The number of benzene rings is 2. The normalized spacial score (nSPS) is 13.6. The average molecular weight is 347 g/mol. The van der Waals surface area contributed by atoms with Crippen LogP contribution in [0.5, 0.6) is 5.75 Å². The van der Waals surface area contributed by atoms with E-state index in [-0.39, 0.29) is 17.2 Å². The Morgan fingerprint density at radius 3 is 2.95 bits per heavy atom. The van der Waals surface area contributed by atoms with Crippen molar-refractivity contribution in [2.45, 2.75) is 13.0 Å². The summed E-state index contributed by atoms with van der Waals surface area (Å²) in [6, 6.07) is 10.8. The lowest BCUT2D eigenvalue weighted by atomic mass is 9.99. The van der Waals surface area contributed by atoms with Gasteiger partial charge in [-0.25, -0.2) is 0 Å². The lowest BCUT2D eigenvalue weighted by Gasteiger charge is -2.20. The fourth-order valence-corrected chi connectivity index (χ4v) is 2.87. The van der Waals surface area contributed by atoms with Crippen LogP contribution in [0.15, 0.2) is 40.9 Å². The first kappa shape index (κ1) is 14.1. The largest absolute Gasteiger partial charge is 0.507 e. The van der Waals surface area contributed by atoms with Gasteiger partial charge in [-0.3, -0.25) is 4.79 Å². The van der Waals surface area contributed by atoms with Gasteiger partial charge in [0.25, 0.3) is 5.91 Å². The van der Waals surface area contributed by atoms with E-state index in [0.29, 0.717) is 0 Å². The highest BCUT2D eigenvalue weighted by atomic mass is 79.9. The second kappa shape index (κ2) is 5.87. The third-order valence-corrected chi connectivity index (χ3v) is 4.09. The molecule has 1 heterocycles. The smallest absolute Gasteiger partial charge is 0.259 e. The average Bonchev–Trinajstić information content (AvgIpc) is 2.47. The highest BCUT2D eigenvalue weighted by molar-refractivity contribution is 9.10. The topological polar surface area (TPSA) is 61.4 Å². The highest BCUT2D eigenvalue weighted by Crippen LogP contribution is 2.26. The number of halogens is 1. The maximum atomic E-state index is 12.3. The van der Waals surface area contributed by atoms with E-state index in [1.165, 1.54) is 11.6 Å². The summed E-state index contributed by atoms with van der Waals surface area (Å²) >= 11 is 3.26. The SMILES string of the molecule is O=C(Nc1cccc2c1CNCC2)c1ccc(Br)cc1O. The minimum Gasteiger partial charge on any atom is -0.507 e. The van der Waals surface area contributed by atoms with Crippen molar-refractivity contribution < 1.29 is 9.90 Å². The first-order valence-electron chi connectivity index (χ1n) is 6.76. The van der Waals surface area contributed by atoms with Crippen molar-refractivity contribution >= 4 is 27.5 Å². The van der Waals surface area contributed by atoms with Crippen molar-refractivity contribution in [3.8, 4) is 5.75 Å². The summed E-state index contributed by atoms with van der Waals surface area (Å²) in [4.78, 5) is 12.3. The van der Waals surface area contributed by atoms with Crippen LogP contribution in [0.25, 0.3) is 0 Å². The first-order valence-corrected chi connectivity index (χ1v) is 7.56. The quantitative estimate of drug-likeness (QED) is 0.783. The zero-order chi connectivity index (χ0) is 14.8. The Hall–Kier alpha value is -1.85. The van der Waals surface area contributed by atoms with Crippen molar-refractivity contribution in [2.24, 2.45) is 0 Å². The maximum Gasteiger partial charge on any atom is 0.259 e. The minimum absolute atomic E-state index is 0.0372. The first-order chi connectivity index (χ1) is 10.1. The van der Waals surface area contributed by atoms with E-state index in [1.807, 2.05) is 12.1 Å². The van der Waals surface area contributed by atoms with E-state index < -0.39 is 0 Å². The number of anilines is 1. The van der Waals surface area contributed by atoms with Crippen molar-refractivity contribution in [3.63, 3.8) is 0 Å². The molecular formula is C16H15BrN2O2. The summed E-state index contributed by atoms with van der Waals surface area (Å²) in [5.41, 5.74) is 3.44.